The number of amides is 1. The molecular weight excluding hydrogens is 332 g/mol. The summed E-state index contributed by atoms with van der Waals surface area (Å²) >= 11 is 0. The van der Waals surface area contributed by atoms with E-state index in [0.29, 0.717) is 0 Å². The Morgan fingerprint density at radius 2 is 2.16 bits per heavy atom. The van der Waals surface area contributed by atoms with Gasteiger partial charge in [-0.25, -0.2) is 0 Å². The van der Waals surface area contributed by atoms with Gasteiger partial charge in [-0.3, -0.25) is 14.7 Å². The minimum atomic E-state index is -4.08. The number of aromatic nitrogens is 1. The second-order valence-electron chi connectivity index (χ2n) is 5.49. The lowest BCUT2D eigenvalue weighted by atomic mass is 10.1. The predicted molar refractivity (Wildman–Crippen MR) is 82.8 cm³/mol. The Kier molecular flexibility index (Phi) is 4.10. The Labute approximate surface area is 141 Å². The molecule has 1 atom stereocenters. The van der Waals surface area contributed by atoms with Gasteiger partial charge in [-0.15, -0.1) is 0 Å². The van der Waals surface area contributed by atoms with E-state index in [9.17, 15) is 18.7 Å². The van der Waals surface area contributed by atoms with Crippen LogP contribution in [0, 0.1) is 11.3 Å². The van der Waals surface area contributed by atoms with Gasteiger partial charge < -0.3 is 9.84 Å². The fourth-order valence-electron chi connectivity index (χ4n) is 2.61. The molecule has 1 aromatic carbocycles. The average Bonchev–Trinajstić information content (AvgIpc) is 2.58. The van der Waals surface area contributed by atoms with Crippen LogP contribution >= 0.6 is 0 Å². The zero-order valence-corrected chi connectivity index (χ0v) is 13.1. The highest BCUT2D eigenvalue weighted by Gasteiger charge is 2.51. The number of hydrogen-bond acceptors (Lipinski definition) is 5. The molecule has 0 aliphatic carbocycles. The number of hydrogen-bond donors (Lipinski definition) is 1. The largest absolute Gasteiger partial charge is 0.483 e. The van der Waals surface area contributed by atoms with E-state index in [1.54, 1.807) is 0 Å². The van der Waals surface area contributed by atoms with Gasteiger partial charge in [-0.1, -0.05) is 12.1 Å². The molecule has 1 N–H and O–H groups in total. The summed E-state index contributed by atoms with van der Waals surface area (Å²) in [7, 11) is 0. The second-order valence-corrected chi connectivity index (χ2v) is 5.49. The molecule has 0 fully saturated rings. The van der Waals surface area contributed by atoms with Gasteiger partial charge in [0.05, 0.1) is 29.6 Å². The van der Waals surface area contributed by atoms with Gasteiger partial charge in [0.1, 0.15) is 6.07 Å². The van der Waals surface area contributed by atoms with Crippen molar-refractivity contribution in [2.24, 2.45) is 0 Å². The first-order valence-corrected chi connectivity index (χ1v) is 7.39. The molecule has 2 aromatic rings. The van der Waals surface area contributed by atoms with Crippen molar-refractivity contribution < 1.29 is 23.4 Å². The van der Waals surface area contributed by atoms with Crippen molar-refractivity contribution in [2.75, 3.05) is 4.90 Å². The Bertz CT molecular complexity index is 878. The molecule has 6 nitrogen and oxygen atoms in total. The van der Waals surface area contributed by atoms with Gasteiger partial charge in [-0.05, 0) is 25.1 Å². The monoisotopic (exact) mass is 345 g/mol. The Morgan fingerprint density at radius 1 is 1.40 bits per heavy atom. The SMILES string of the molecule is C[C@H](O)c1cccc2c1OC(F)(F)C(=O)N2Cc1ncccc1C#N. The summed E-state index contributed by atoms with van der Waals surface area (Å²) in [5, 5.41) is 18.9. The maximum atomic E-state index is 14.1. The van der Waals surface area contributed by atoms with Crippen LogP contribution in [-0.2, 0) is 11.3 Å². The molecule has 0 spiro atoms. The first-order chi connectivity index (χ1) is 11.8. The lowest BCUT2D eigenvalue weighted by Gasteiger charge is -2.34. The number of pyridine rings is 1. The number of nitriles is 1. The van der Waals surface area contributed by atoms with Crippen LogP contribution in [0.2, 0.25) is 0 Å². The molecule has 0 unspecified atom stereocenters. The van der Waals surface area contributed by atoms with Crippen LogP contribution in [0.3, 0.4) is 0 Å². The molecule has 0 saturated heterocycles. The van der Waals surface area contributed by atoms with E-state index < -0.39 is 18.1 Å². The zero-order chi connectivity index (χ0) is 18.2. The minimum absolute atomic E-state index is 0.0869. The van der Waals surface area contributed by atoms with Crippen molar-refractivity contribution in [3.05, 3.63) is 53.3 Å². The number of para-hydroxylation sites is 1. The van der Waals surface area contributed by atoms with Crippen LogP contribution in [0.1, 0.15) is 29.8 Å². The lowest BCUT2D eigenvalue weighted by Crippen LogP contribution is -2.50. The number of rotatable bonds is 3. The first kappa shape index (κ1) is 16.8. The van der Waals surface area contributed by atoms with E-state index >= 15 is 0 Å². The van der Waals surface area contributed by atoms with Crippen LogP contribution in [-0.4, -0.2) is 22.1 Å². The average molecular weight is 345 g/mol. The quantitative estimate of drug-likeness (QED) is 0.924. The maximum absolute atomic E-state index is 14.1. The molecule has 128 valence electrons. The molecule has 8 heteroatoms. The van der Waals surface area contributed by atoms with Crippen molar-refractivity contribution in [1.82, 2.24) is 4.98 Å². The van der Waals surface area contributed by atoms with Crippen molar-refractivity contribution in [3.8, 4) is 11.8 Å². The van der Waals surface area contributed by atoms with E-state index in [1.165, 1.54) is 43.5 Å². The second kappa shape index (κ2) is 6.11. The number of aliphatic hydroxyl groups excluding tert-OH is 1. The number of aliphatic hydroxyl groups is 1. The molecular formula is C17H13F2N3O3. The Morgan fingerprint density at radius 3 is 2.84 bits per heavy atom. The van der Waals surface area contributed by atoms with Crippen LogP contribution in [0.4, 0.5) is 14.5 Å². The third kappa shape index (κ3) is 2.90. The third-order valence-electron chi connectivity index (χ3n) is 3.81. The van der Waals surface area contributed by atoms with Crippen molar-refractivity contribution >= 4 is 11.6 Å². The number of nitrogens with zero attached hydrogens (tertiary/aromatic N) is 3. The van der Waals surface area contributed by atoms with Crippen LogP contribution < -0.4 is 9.64 Å². The Hall–Kier alpha value is -3.05. The maximum Gasteiger partial charge on any atom is 0.483 e. The number of ether oxygens (including phenoxy) is 1. The summed E-state index contributed by atoms with van der Waals surface area (Å²) < 4.78 is 32.7. The van der Waals surface area contributed by atoms with E-state index in [4.69, 9.17) is 5.26 Å². The number of alkyl halides is 2. The van der Waals surface area contributed by atoms with Gasteiger partial charge in [0.2, 0.25) is 0 Å². The first-order valence-electron chi connectivity index (χ1n) is 7.39. The molecule has 1 aliphatic rings. The molecule has 1 aromatic heterocycles. The molecule has 25 heavy (non-hydrogen) atoms. The van der Waals surface area contributed by atoms with Crippen molar-refractivity contribution in [2.45, 2.75) is 25.7 Å². The number of halogens is 2. The van der Waals surface area contributed by atoms with E-state index in [2.05, 4.69) is 9.72 Å². The standard InChI is InChI=1S/C17H13F2N3O3/c1-10(23)12-5-2-6-14-15(12)25-17(18,19)16(24)22(14)9-13-11(8-20)4-3-7-21-13/h2-7,10,23H,9H2,1H3/t10-/m0/s1. The summed E-state index contributed by atoms with van der Waals surface area (Å²) in [4.78, 5) is 17.0. The van der Waals surface area contributed by atoms with Gasteiger partial charge in [0.15, 0.2) is 5.75 Å². The van der Waals surface area contributed by atoms with E-state index in [-0.39, 0.29) is 34.8 Å². The summed E-state index contributed by atoms with van der Waals surface area (Å²) in [6, 6.07) is 9.34. The molecule has 1 amide bonds. The zero-order valence-electron chi connectivity index (χ0n) is 13.1. The van der Waals surface area contributed by atoms with Crippen molar-refractivity contribution in [1.29, 1.82) is 5.26 Å². The van der Waals surface area contributed by atoms with Crippen LogP contribution in [0.5, 0.6) is 5.75 Å². The van der Waals surface area contributed by atoms with Gasteiger partial charge in [0, 0.05) is 11.8 Å². The summed E-state index contributed by atoms with van der Waals surface area (Å²) in [5.74, 6) is -1.83. The molecule has 0 radical (unpaired) electrons. The van der Waals surface area contributed by atoms with Crippen LogP contribution in [0.25, 0.3) is 0 Å². The number of anilines is 1. The minimum Gasteiger partial charge on any atom is -0.423 e. The highest BCUT2D eigenvalue weighted by molar-refractivity contribution is 6.01. The summed E-state index contributed by atoms with van der Waals surface area (Å²) in [6.07, 6.45) is -3.74. The molecule has 1 aliphatic heterocycles. The van der Waals surface area contributed by atoms with Gasteiger partial charge >= 0.3 is 12.0 Å². The normalized spacial score (nSPS) is 16.6. The van der Waals surface area contributed by atoms with E-state index in [0.717, 1.165) is 4.90 Å². The smallest absolute Gasteiger partial charge is 0.423 e. The van der Waals surface area contributed by atoms with Crippen molar-refractivity contribution in [3.63, 3.8) is 0 Å². The number of carbonyl (C=O) groups excluding carboxylic acids is 1. The fourth-order valence-corrected chi connectivity index (χ4v) is 2.61. The topological polar surface area (TPSA) is 86.5 Å². The van der Waals surface area contributed by atoms with E-state index in [1.807, 2.05) is 6.07 Å². The summed E-state index contributed by atoms with van der Waals surface area (Å²) in [5.41, 5.74) is 0.586. The third-order valence-corrected chi connectivity index (χ3v) is 3.81. The van der Waals surface area contributed by atoms with Gasteiger partial charge in [-0.2, -0.15) is 14.0 Å². The number of fused-ring (bicyclic) bond motifs is 1. The molecule has 0 bridgehead atoms. The fraction of sp³-hybridized carbons (Fsp3) is 0.235. The number of benzene rings is 1. The molecule has 2 heterocycles. The predicted octanol–water partition coefficient (Wildman–Crippen LogP) is 2.52. The highest BCUT2D eigenvalue weighted by Crippen LogP contribution is 2.44. The van der Waals surface area contributed by atoms with Gasteiger partial charge in [0.25, 0.3) is 0 Å². The molecule has 0 saturated carbocycles. The lowest BCUT2D eigenvalue weighted by molar-refractivity contribution is -0.193. The number of carbonyl (C=O) groups is 1. The molecule has 3 rings (SSSR count). The highest BCUT2D eigenvalue weighted by atomic mass is 19.3. The van der Waals surface area contributed by atoms with Crippen LogP contribution in [0.15, 0.2) is 36.5 Å². The summed E-state index contributed by atoms with van der Waals surface area (Å²) in [6.45, 7) is 1.09. The Balaban J connectivity index is 2.12.